The third-order valence-electron chi connectivity index (χ3n) is 4.69. The van der Waals surface area contributed by atoms with Crippen molar-refractivity contribution in [2.75, 3.05) is 17.2 Å². The number of anilines is 2. The normalized spacial score (nSPS) is 14.8. The van der Waals surface area contributed by atoms with Crippen LogP contribution in [-0.4, -0.2) is 23.3 Å². The van der Waals surface area contributed by atoms with Crippen molar-refractivity contribution in [2.45, 2.75) is 5.92 Å². The molecule has 1 aliphatic heterocycles. The van der Waals surface area contributed by atoms with Crippen LogP contribution >= 0.6 is 0 Å². The lowest BCUT2D eigenvalue weighted by atomic mass is 9.91. The van der Waals surface area contributed by atoms with Gasteiger partial charge in [-0.2, -0.15) is 0 Å². The highest BCUT2D eigenvalue weighted by Gasteiger charge is 2.32. The predicted octanol–water partition coefficient (Wildman–Crippen LogP) is 3.77. The molecule has 0 saturated heterocycles. The average molecular weight is 376 g/mol. The number of rotatable bonds is 4. The van der Waals surface area contributed by atoms with Crippen molar-refractivity contribution >= 4 is 23.3 Å². The summed E-state index contributed by atoms with van der Waals surface area (Å²) in [6.45, 7) is 0.326. The van der Waals surface area contributed by atoms with Gasteiger partial charge in [-0.25, -0.2) is 14.2 Å². The molecule has 7 heteroatoms. The summed E-state index contributed by atoms with van der Waals surface area (Å²) in [5.74, 6) is -1.00. The summed E-state index contributed by atoms with van der Waals surface area (Å²) in [6.07, 6.45) is 1.74. The third kappa shape index (κ3) is 3.29. The Hall–Kier alpha value is -3.74. The molecule has 6 nitrogen and oxygen atoms in total. The first-order chi connectivity index (χ1) is 13.5. The van der Waals surface area contributed by atoms with Gasteiger partial charge in [0.25, 0.3) is 0 Å². The molecule has 28 heavy (non-hydrogen) atoms. The number of carbonyl (C=O) groups is 2. The summed E-state index contributed by atoms with van der Waals surface area (Å²) in [6, 6.07) is 14.6. The number of urea groups is 1. The van der Waals surface area contributed by atoms with E-state index >= 15 is 0 Å². The number of fused-ring (bicyclic) bond motifs is 1. The van der Waals surface area contributed by atoms with E-state index in [1.54, 1.807) is 6.20 Å². The molecule has 0 bridgehead atoms. The number of aromatic nitrogens is 1. The Balaban J connectivity index is 1.69. The maximum absolute atomic E-state index is 14.3. The number of ketones is 1. The van der Waals surface area contributed by atoms with Gasteiger partial charge in [0.05, 0.1) is 11.5 Å². The average Bonchev–Trinajstić information content (AvgIpc) is 3.12. The van der Waals surface area contributed by atoms with E-state index in [1.165, 1.54) is 12.1 Å². The number of primary amides is 1. The van der Waals surface area contributed by atoms with Crippen molar-refractivity contribution < 1.29 is 14.0 Å². The van der Waals surface area contributed by atoms with E-state index in [0.717, 1.165) is 22.8 Å². The Morgan fingerprint density at radius 3 is 2.64 bits per heavy atom. The number of hydrogen-bond donors (Lipinski definition) is 3. The highest BCUT2D eigenvalue weighted by Crippen LogP contribution is 2.35. The van der Waals surface area contributed by atoms with Crippen LogP contribution < -0.4 is 16.4 Å². The highest BCUT2D eigenvalue weighted by atomic mass is 19.1. The number of pyridine rings is 1. The summed E-state index contributed by atoms with van der Waals surface area (Å²) in [7, 11) is 0. The highest BCUT2D eigenvalue weighted by molar-refractivity contribution is 6.04. The Labute approximate surface area is 160 Å². The summed E-state index contributed by atoms with van der Waals surface area (Å²) >= 11 is 0. The van der Waals surface area contributed by atoms with Gasteiger partial charge in [-0.15, -0.1) is 0 Å². The van der Waals surface area contributed by atoms with Gasteiger partial charge >= 0.3 is 6.03 Å². The van der Waals surface area contributed by atoms with Crippen molar-refractivity contribution in [1.82, 2.24) is 4.98 Å². The first-order valence-electron chi connectivity index (χ1n) is 8.72. The van der Waals surface area contributed by atoms with Gasteiger partial charge in [0.2, 0.25) is 0 Å². The number of nitrogens with two attached hydrogens (primary N) is 1. The summed E-state index contributed by atoms with van der Waals surface area (Å²) < 4.78 is 14.3. The molecule has 1 aliphatic rings. The van der Waals surface area contributed by atoms with Crippen LogP contribution in [0.1, 0.15) is 21.8 Å². The van der Waals surface area contributed by atoms with Crippen LogP contribution in [0.4, 0.5) is 20.7 Å². The molecule has 0 radical (unpaired) electrons. The lowest BCUT2D eigenvalue weighted by molar-refractivity contribution is 0.0962. The van der Waals surface area contributed by atoms with E-state index in [0.29, 0.717) is 12.4 Å². The van der Waals surface area contributed by atoms with Crippen LogP contribution in [0, 0.1) is 5.82 Å². The number of hydrogen-bond acceptors (Lipinski definition) is 4. The van der Waals surface area contributed by atoms with E-state index in [9.17, 15) is 14.0 Å². The molecule has 1 aromatic heterocycles. The van der Waals surface area contributed by atoms with Gasteiger partial charge in [-0.1, -0.05) is 30.3 Å². The first-order valence-corrected chi connectivity index (χ1v) is 8.72. The second-order valence-electron chi connectivity index (χ2n) is 6.51. The lowest BCUT2D eigenvalue weighted by Gasteiger charge is -2.12. The van der Waals surface area contributed by atoms with E-state index < -0.39 is 17.8 Å². The minimum Gasteiger partial charge on any atom is -0.369 e. The smallest absolute Gasteiger partial charge is 0.316 e. The zero-order valence-corrected chi connectivity index (χ0v) is 14.8. The van der Waals surface area contributed by atoms with Crippen LogP contribution in [0.25, 0.3) is 11.1 Å². The standard InChI is InChI=1S/C21H17FN4O2/c22-18-7-6-14(26-21(23)28)9-16(18)19(27)17-11-25-20-15(17)8-13(10-24-20)12-4-2-1-3-5-12/h1-10,17H,11H2,(H,24,25)(H3,23,26,28). The summed E-state index contributed by atoms with van der Waals surface area (Å²) in [5.41, 5.74) is 7.84. The van der Waals surface area contributed by atoms with Gasteiger partial charge in [0.1, 0.15) is 11.6 Å². The molecular weight excluding hydrogens is 359 g/mol. The molecule has 4 N–H and O–H groups in total. The fourth-order valence-electron chi connectivity index (χ4n) is 3.35. The largest absolute Gasteiger partial charge is 0.369 e. The zero-order chi connectivity index (χ0) is 19.7. The Morgan fingerprint density at radius 1 is 1.11 bits per heavy atom. The molecule has 0 saturated carbocycles. The van der Waals surface area contributed by atoms with E-state index in [-0.39, 0.29) is 17.0 Å². The van der Waals surface area contributed by atoms with Crippen LogP contribution in [0.2, 0.25) is 0 Å². The number of Topliss-reactive ketones (excluding diaryl/α,β-unsaturated/α-hetero) is 1. The number of amides is 2. The van der Waals surface area contributed by atoms with E-state index in [2.05, 4.69) is 15.6 Å². The molecule has 1 atom stereocenters. The molecule has 0 aliphatic carbocycles. The molecule has 2 amide bonds. The number of carbonyl (C=O) groups excluding carboxylic acids is 2. The van der Waals surface area contributed by atoms with Gasteiger partial charge in [-0.3, -0.25) is 4.79 Å². The SMILES string of the molecule is NC(=O)Nc1ccc(F)c(C(=O)C2CNc3ncc(-c4ccccc4)cc32)c1. The third-order valence-corrected chi connectivity index (χ3v) is 4.69. The Bertz CT molecular complexity index is 1070. The molecule has 2 heterocycles. The van der Waals surface area contributed by atoms with Gasteiger partial charge < -0.3 is 16.4 Å². The van der Waals surface area contributed by atoms with Gasteiger partial charge in [-0.05, 0) is 29.8 Å². The maximum atomic E-state index is 14.3. The zero-order valence-electron chi connectivity index (χ0n) is 14.8. The Kier molecular flexibility index (Phi) is 4.49. The summed E-state index contributed by atoms with van der Waals surface area (Å²) in [5, 5.41) is 5.46. The van der Waals surface area contributed by atoms with Crippen LogP contribution in [0.5, 0.6) is 0 Å². The minimum absolute atomic E-state index is 0.101. The van der Waals surface area contributed by atoms with Crippen molar-refractivity contribution in [3.63, 3.8) is 0 Å². The van der Waals surface area contributed by atoms with Crippen molar-refractivity contribution in [2.24, 2.45) is 5.73 Å². The first kappa shape index (κ1) is 17.7. The fourth-order valence-corrected chi connectivity index (χ4v) is 3.35. The van der Waals surface area contributed by atoms with Gasteiger partial charge in [0.15, 0.2) is 5.78 Å². The Morgan fingerprint density at radius 2 is 1.89 bits per heavy atom. The number of benzene rings is 2. The van der Waals surface area contributed by atoms with Crippen molar-refractivity contribution in [3.8, 4) is 11.1 Å². The van der Waals surface area contributed by atoms with E-state index in [1.807, 2.05) is 36.4 Å². The minimum atomic E-state index is -0.783. The number of nitrogens with zero attached hydrogens (tertiary/aromatic N) is 1. The second kappa shape index (κ2) is 7.11. The lowest BCUT2D eigenvalue weighted by Crippen LogP contribution is -2.20. The maximum Gasteiger partial charge on any atom is 0.316 e. The molecule has 140 valence electrons. The van der Waals surface area contributed by atoms with Crippen LogP contribution in [-0.2, 0) is 0 Å². The topological polar surface area (TPSA) is 97.1 Å². The number of nitrogens with one attached hydrogen (secondary N) is 2. The second-order valence-corrected chi connectivity index (χ2v) is 6.51. The molecule has 3 aromatic rings. The summed E-state index contributed by atoms with van der Waals surface area (Å²) in [4.78, 5) is 28.5. The molecule has 2 aromatic carbocycles. The predicted molar refractivity (Wildman–Crippen MR) is 105 cm³/mol. The van der Waals surface area contributed by atoms with Crippen LogP contribution in [0.3, 0.4) is 0 Å². The molecule has 0 fully saturated rings. The molecule has 4 rings (SSSR count). The molecule has 0 spiro atoms. The molecular formula is C21H17FN4O2. The quantitative estimate of drug-likeness (QED) is 0.604. The van der Waals surface area contributed by atoms with Crippen LogP contribution in [0.15, 0.2) is 60.8 Å². The van der Waals surface area contributed by atoms with E-state index in [4.69, 9.17) is 5.73 Å². The monoisotopic (exact) mass is 376 g/mol. The van der Waals surface area contributed by atoms with Crippen molar-refractivity contribution in [3.05, 3.63) is 77.7 Å². The van der Waals surface area contributed by atoms with Gasteiger partial charge in [0, 0.05) is 29.6 Å². The number of halogens is 1. The fraction of sp³-hybridized carbons (Fsp3) is 0.0952. The molecule has 1 unspecified atom stereocenters. The van der Waals surface area contributed by atoms with Crippen molar-refractivity contribution in [1.29, 1.82) is 0 Å².